The molecule has 0 aromatic carbocycles. The Balaban J connectivity index is 1.99. The van der Waals surface area contributed by atoms with Crippen molar-refractivity contribution in [2.24, 2.45) is 0 Å². The van der Waals surface area contributed by atoms with Crippen LogP contribution in [0.25, 0.3) is 0 Å². The maximum absolute atomic E-state index is 9.95. The summed E-state index contributed by atoms with van der Waals surface area (Å²) in [5.41, 5.74) is 0. The summed E-state index contributed by atoms with van der Waals surface area (Å²) in [6.07, 6.45) is -15.3. The first kappa shape index (κ1) is 20.9. The fourth-order valence-electron chi connectivity index (χ4n) is 2.85. The van der Waals surface area contributed by atoms with Crippen molar-refractivity contribution in [3.63, 3.8) is 0 Å². The lowest BCUT2D eigenvalue weighted by Crippen LogP contribution is -2.62. The molecule has 2 heterocycles. The van der Waals surface area contributed by atoms with Crippen LogP contribution in [0.4, 0.5) is 0 Å². The molecule has 2 rings (SSSR count). The zero-order valence-corrected chi connectivity index (χ0v) is 13.8. The van der Waals surface area contributed by atoms with E-state index in [4.69, 9.17) is 18.9 Å². The molecule has 148 valence electrons. The van der Waals surface area contributed by atoms with Crippen molar-refractivity contribution < 1.29 is 54.7 Å². The van der Waals surface area contributed by atoms with Crippen LogP contribution in [0.5, 0.6) is 0 Å². The highest BCUT2D eigenvalue weighted by molar-refractivity contribution is 4.92. The first-order valence-electron chi connectivity index (χ1n) is 7.90. The van der Waals surface area contributed by atoms with E-state index in [9.17, 15) is 35.7 Å². The topological polar surface area (TPSA) is 179 Å². The highest BCUT2D eigenvalue weighted by Gasteiger charge is 2.48. The van der Waals surface area contributed by atoms with Crippen LogP contribution in [0.3, 0.4) is 0 Å². The number of methoxy groups -OCH3 is 1. The summed E-state index contributed by atoms with van der Waals surface area (Å²) in [6.45, 7) is 0.951. The highest BCUT2D eigenvalue weighted by atomic mass is 16.7. The quantitative estimate of drug-likeness (QED) is 0.249. The summed E-state index contributed by atoms with van der Waals surface area (Å²) in [4.78, 5) is 0. The number of rotatable bonds is 5. The van der Waals surface area contributed by atoms with Crippen LogP contribution in [0.2, 0.25) is 0 Å². The summed E-state index contributed by atoms with van der Waals surface area (Å²) in [6, 6.07) is 0. The normalized spacial score (nSPS) is 49.8. The van der Waals surface area contributed by atoms with Gasteiger partial charge in [-0.15, -0.1) is 0 Å². The van der Waals surface area contributed by atoms with Crippen LogP contribution in [-0.2, 0) is 18.9 Å². The standard InChI is InChI=1S/C14H26O11/c1-4(15)12-9(19)8(18)11(21)14(25-12)23-3-5-6(16)7(17)10(20)13(22-2)24-5/h4-21H,3H2,1-2H3/t4-,5+,6-,7-,8-,9+,10+,11+,12+,13-,14+/m0/s1. The summed E-state index contributed by atoms with van der Waals surface area (Å²) in [5.74, 6) is 0. The van der Waals surface area contributed by atoms with E-state index in [1.807, 2.05) is 0 Å². The van der Waals surface area contributed by atoms with Gasteiger partial charge in [0.05, 0.1) is 12.7 Å². The van der Waals surface area contributed by atoms with Crippen molar-refractivity contribution in [3.8, 4) is 0 Å². The summed E-state index contributed by atoms with van der Waals surface area (Å²) in [7, 11) is 1.25. The Hall–Kier alpha value is -0.440. The van der Waals surface area contributed by atoms with Crippen molar-refractivity contribution in [3.05, 3.63) is 0 Å². The smallest absolute Gasteiger partial charge is 0.186 e. The molecule has 0 aliphatic carbocycles. The molecule has 0 aromatic rings. The predicted octanol–water partition coefficient (Wildman–Crippen LogP) is -4.35. The van der Waals surface area contributed by atoms with Crippen LogP contribution in [-0.4, -0.2) is 117 Å². The van der Waals surface area contributed by atoms with Gasteiger partial charge in [-0.3, -0.25) is 0 Å². The van der Waals surface area contributed by atoms with E-state index < -0.39 is 67.5 Å². The van der Waals surface area contributed by atoms with Crippen molar-refractivity contribution in [1.82, 2.24) is 0 Å². The predicted molar refractivity (Wildman–Crippen MR) is 78.0 cm³/mol. The lowest BCUT2D eigenvalue weighted by atomic mass is 9.96. The number of ether oxygens (including phenoxy) is 4. The molecule has 11 nitrogen and oxygen atoms in total. The Morgan fingerprint density at radius 1 is 0.800 bits per heavy atom. The Kier molecular flexibility index (Phi) is 7.09. The molecule has 0 unspecified atom stereocenters. The monoisotopic (exact) mass is 370 g/mol. The maximum Gasteiger partial charge on any atom is 0.186 e. The van der Waals surface area contributed by atoms with E-state index in [-0.39, 0.29) is 6.61 Å². The van der Waals surface area contributed by atoms with Crippen molar-refractivity contribution in [2.75, 3.05) is 13.7 Å². The first-order chi connectivity index (χ1) is 11.7. The van der Waals surface area contributed by atoms with Gasteiger partial charge in [-0.05, 0) is 6.92 Å². The fraction of sp³-hybridized carbons (Fsp3) is 1.00. The lowest BCUT2D eigenvalue weighted by Gasteiger charge is -2.43. The minimum atomic E-state index is -1.62. The zero-order chi connectivity index (χ0) is 18.9. The van der Waals surface area contributed by atoms with E-state index in [0.717, 1.165) is 0 Å². The van der Waals surface area contributed by atoms with Crippen molar-refractivity contribution in [2.45, 2.75) is 74.4 Å². The van der Waals surface area contributed by atoms with Gasteiger partial charge in [0.2, 0.25) is 0 Å². The Labute approximate surface area is 143 Å². The molecular formula is C14H26O11. The van der Waals surface area contributed by atoms with Crippen LogP contribution in [0, 0.1) is 0 Å². The number of hydrogen-bond acceptors (Lipinski definition) is 11. The van der Waals surface area contributed by atoms with E-state index in [0.29, 0.717) is 0 Å². The third-order valence-corrected chi connectivity index (χ3v) is 4.41. The number of aliphatic hydroxyl groups is 7. The number of aliphatic hydroxyl groups excluding tert-OH is 7. The fourth-order valence-corrected chi connectivity index (χ4v) is 2.85. The summed E-state index contributed by atoms with van der Waals surface area (Å²) in [5, 5.41) is 68.6. The third kappa shape index (κ3) is 4.28. The molecule has 11 atom stereocenters. The Morgan fingerprint density at radius 3 is 1.92 bits per heavy atom. The molecule has 2 fully saturated rings. The maximum atomic E-state index is 9.95. The first-order valence-corrected chi connectivity index (χ1v) is 7.90. The second-order valence-electron chi connectivity index (χ2n) is 6.27. The molecule has 2 saturated heterocycles. The average molecular weight is 370 g/mol. The zero-order valence-electron chi connectivity index (χ0n) is 13.8. The van der Waals surface area contributed by atoms with Gasteiger partial charge in [0.15, 0.2) is 12.6 Å². The van der Waals surface area contributed by atoms with E-state index in [2.05, 4.69) is 0 Å². The molecule has 0 amide bonds. The SMILES string of the molecule is CO[C@H]1O[C@H](CO[C@@H]2O[C@H]([C@H](C)O)[C@H](O)[C@H](O)[C@H]2O)[C@H](O)[C@H](O)[C@H]1O. The minimum absolute atomic E-state index is 0.387. The van der Waals surface area contributed by atoms with Gasteiger partial charge in [0.1, 0.15) is 48.8 Å². The van der Waals surface area contributed by atoms with Gasteiger partial charge < -0.3 is 54.7 Å². The van der Waals surface area contributed by atoms with Gasteiger partial charge in [-0.2, -0.15) is 0 Å². The molecule has 2 aliphatic heterocycles. The minimum Gasteiger partial charge on any atom is -0.391 e. The van der Waals surface area contributed by atoms with Gasteiger partial charge >= 0.3 is 0 Å². The van der Waals surface area contributed by atoms with E-state index in [1.165, 1.54) is 14.0 Å². The summed E-state index contributed by atoms with van der Waals surface area (Å²) >= 11 is 0. The molecule has 25 heavy (non-hydrogen) atoms. The summed E-state index contributed by atoms with van der Waals surface area (Å²) < 4.78 is 20.7. The second-order valence-corrected chi connectivity index (χ2v) is 6.27. The molecule has 0 spiro atoms. The van der Waals surface area contributed by atoms with Crippen molar-refractivity contribution >= 4 is 0 Å². The Morgan fingerprint density at radius 2 is 1.36 bits per heavy atom. The lowest BCUT2D eigenvalue weighted by molar-refractivity contribution is -0.332. The van der Waals surface area contributed by atoms with Crippen LogP contribution < -0.4 is 0 Å². The molecule has 0 bridgehead atoms. The van der Waals surface area contributed by atoms with Gasteiger partial charge in [0, 0.05) is 7.11 Å². The highest BCUT2D eigenvalue weighted by Crippen LogP contribution is 2.26. The molecule has 0 aromatic heterocycles. The second kappa shape index (κ2) is 8.50. The third-order valence-electron chi connectivity index (χ3n) is 4.41. The average Bonchev–Trinajstić information content (AvgIpc) is 2.58. The molecule has 0 saturated carbocycles. The van der Waals surface area contributed by atoms with E-state index in [1.54, 1.807) is 0 Å². The molecule has 2 aliphatic rings. The van der Waals surface area contributed by atoms with Crippen LogP contribution >= 0.6 is 0 Å². The molecule has 7 N–H and O–H groups in total. The van der Waals surface area contributed by atoms with Gasteiger partial charge in [0.25, 0.3) is 0 Å². The van der Waals surface area contributed by atoms with Crippen LogP contribution in [0.1, 0.15) is 6.92 Å². The van der Waals surface area contributed by atoms with Gasteiger partial charge in [-0.1, -0.05) is 0 Å². The number of hydrogen-bond donors (Lipinski definition) is 7. The van der Waals surface area contributed by atoms with Crippen LogP contribution in [0.15, 0.2) is 0 Å². The molecule has 0 radical (unpaired) electrons. The Bertz CT molecular complexity index is 420. The largest absolute Gasteiger partial charge is 0.391 e. The molecular weight excluding hydrogens is 344 g/mol. The van der Waals surface area contributed by atoms with Gasteiger partial charge in [-0.25, -0.2) is 0 Å². The van der Waals surface area contributed by atoms with Crippen molar-refractivity contribution in [1.29, 1.82) is 0 Å². The molecule has 11 heteroatoms. The van der Waals surface area contributed by atoms with E-state index >= 15 is 0 Å².